The number of carbonyl (C=O) groups excluding carboxylic acids is 1. The van der Waals surface area contributed by atoms with Crippen molar-refractivity contribution in [3.63, 3.8) is 0 Å². The van der Waals surface area contributed by atoms with Gasteiger partial charge in [0.25, 0.3) is 0 Å². The summed E-state index contributed by atoms with van der Waals surface area (Å²) in [7, 11) is 0. The van der Waals surface area contributed by atoms with Gasteiger partial charge in [-0.25, -0.2) is 0 Å². The lowest BCUT2D eigenvalue weighted by atomic mass is 10.1. The molecular formula is C9H17NO2. The third kappa shape index (κ3) is 1.78. The van der Waals surface area contributed by atoms with E-state index in [1.54, 1.807) is 11.8 Å². The van der Waals surface area contributed by atoms with Crippen LogP contribution in [0.1, 0.15) is 27.2 Å². The average Bonchev–Trinajstić information content (AvgIpc) is 2.28. The first kappa shape index (κ1) is 9.52. The maximum atomic E-state index is 11.3. The zero-order valence-electron chi connectivity index (χ0n) is 7.95. The first-order valence-corrected chi connectivity index (χ1v) is 4.50. The Morgan fingerprint density at radius 1 is 1.58 bits per heavy atom. The van der Waals surface area contributed by atoms with E-state index < -0.39 is 6.10 Å². The number of hydrogen-bond donors (Lipinski definition) is 1. The first-order valence-electron chi connectivity index (χ1n) is 4.50. The Hall–Kier alpha value is -0.570. The summed E-state index contributed by atoms with van der Waals surface area (Å²) in [6.07, 6.45) is 0.205. The van der Waals surface area contributed by atoms with Crippen LogP contribution in [0.4, 0.5) is 0 Å². The largest absolute Gasteiger partial charge is 0.391 e. The number of aliphatic hydroxyl groups is 1. The molecule has 1 aliphatic heterocycles. The molecule has 0 radical (unpaired) electrons. The van der Waals surface area contributed by atoms with Gasteiger partial charge in [0, 0.05) is 13.0 Å². The molecule has 0 saturated carbocycles. The molecule has 0 spiro atoms. The van der Waals surface area contributed by atoms with E-state index in [4.69, 9.17) is 0 Å². The molecule has 3 heteroatoms. The van der Waals surface area contributed by atoms with E-state index in [0.717, 1.165) is 6.54 Å². The molecule has 1 N–H and O–H groups in total. The second-order valence-corrected chi connectivity index (χ2v) is 3.84. The van der Waals surface area contributed by atoms with Crippen LogP contribution in [0, 0.1) is 5.92 Å². The van der Waals surface area contributed by atoms with Gasteiger partial charge in [-0.05, 0) is 19.8 Å². The highest BCUT2D eigenvalue weighted by molar-refractivity contribution is 5.78. The third-order valence-electron chi connectivity index (χ3n) is 2.54. The molecule has 3 unspecified atom stereocenters. The van der Waals surface area contributed by atoms with Crippen molar-refractivity contribution in [2.75, 3.05) is 6.54 Å². The smallest absolute Gasteiger partial charge is 0.223 e. The highest BCUT2D eigenvalue weighted by Gasteiger charge is 2.31. The second-order valence-electron chi connectivity index (χ2n) is 3.84. The van der Waals surface area contributed by atoms with Crippen molar-refractivity contribution >= 4 is 5.91 Å². The number of aliphatic hydroxyl groups excluding tert-OH is 1. The fraction of sp³-hybridized carbons (Fsp3) is 0.889. The monoisotopic (exact) mass is 171 g/mol. The molecule has 0 aliphatic carbocycles. The maximum absolute atomic E-state index is 11.3. The molecule has 12 heavy (non-hydrogen) atoms. The first-order chi connectivity index (χ1) is 5.52. The zero-order chi connectivity index (χ0) is 9.30. The van der Waals surface area contributed by atoms with Gasteiger partial charge in [-0.3, -0.25) is 4.79 Å². The van der Waals surface area contributed by atoms with E-state index in [1.807, 2.05) is 6.92 Å². The molecule has 1 amide bonds. The van der Waals surface area contributed by atoms with Crippen LogP contribution in [0.2, 0.25) is 0 Å². The van der Waals surface area contributed by atoms with Crippen LogP contribution in [0.5, 0.6) is 0 Å². The highest BCUT2D eigenvalue weighted by Crippen LogP contribution is 2.20. The molecule has 70 valence electrons. The Balaban J connectivity index is 2.58. The molecule has 0 bridgehead atoms. The number of nitrogens with zero attached hydrogens (tertiary/aromatic N) is 1. The summed E-state index contributed by atoms with van der Waals surface area (Å²) in [5.41, 5.74) is 0. The van der Waals surface area contributed by atoms with Crippen molar-refractivity contribution in [3.8, 4) is 0 Å². The molecule has 0 aromatic carbocycles. The minimum Gasteiger partial charge on any atom is -0.391 e. The summed E-state index contributed by atoms with van der Waals surface area (Å²) in [6, 6.07) is -0.0394. The Morgan fingerprint density at radius 2 is 2.17 bits per heavy atom. The standard InChI is InChI=1S/C9H17NO2/c1-6-4-9(12)10(5-6)7(2)8(3)11/h6-8,11H,4-5H2,1-3H3. The van der Waals surface area contributed by atoms with Crippen LogP contribution >= 0.6 is 0 Å². The van der Waals surface area contributed by atoms with Crippen molar-refractivity contribution in [3.05, 3.63) is 0 Å². The van der Waals surface area contributed by atoms with Gasteiger partial charge in [0.2, 0.25) is 5.91 Å². The van der Waals surface area contributed by atoms with Crippen molar-refractivity contribution in [2.45, 2.75) is 39.3 Å². The fourth-order valence-electron chi connectivity index (χ4n) is 1.57. The van der Waals surface area contributed by atoms with Crippen molar-refractivity contribution in [1.29, 1.82) is 0 Å². The maximum Gasteiger partial charge on any atom is 0.223 e. The van der Waals surface area contributed by atoms with Crippen LogP contribution in [-0.2, 0) is 4.79 Å². The van der Waals surface area contributed by atoms with Gasteiger partial charge in [-0.2, -0.15) is 0 Å². The molecule has 0 aromatic rings. The molecule has 0 aromatic heterocycles. The van der Waals surface area contributed by atoms with Gasteiger partial charge in [0.1, 0.15) is 0 Å². The molecule has 1 rings (SSSR count). The number of likely N-dealkylation sites (tertiary alicyclic amines) is 1. The summed E-state index contributed by atoms with van der Waals surface area (Å²) in [5.74, 6) is 0.620. The highest BCUT2D eigenvalue weighted by atomic mass is 16.3. The summed E-state index contributed by atoms with van der Waals surface area (Å²) in [6.45, 7) is 6.47. The van der Waals surface area contributed by atoms with Crippen LogP contribution in [0.25, 0.3) is 0 Å². The molecule has 3 nitrogen and oxygen atoms in total. The quantitative estimate of drug-likeness (QED) is 0.661. The molecule has 1 aliphatic rings. The van der Waals surface area contributed by atoms with Gasteiger partial charge >= 0.3 is 0 Å². The van der Waals surface area contributed by atoms with E-state index in [9.17, 15) is 9.90 Å². The Morgan fingerprint density at radius 3 is 2.50 bits per heavy atom. The predicted molar refractivity (Wildman–Crippen MR) is 46.6 cm³/mol. The lowest BCUT2D eigenvalue weighted by Crippen LogP contribution is -2.41. The number of rotatable bonds is 2. The normalized spacial score (nSPS) is 29.2. The van der Waals surface area contributed by atoms with E-state index >= 15 is 0 Å². The van der Waals surface area contributed by atoms with Gasteiger partial charge < -0.3 is 10.0 Å². The molecule has 1 saturated heterocycles. The van der Waals surface area contributed by atoms with E-state index in [1.165, 1.54) is 0 Å². The summed E-state index contributed by atoms with van der Waals surface area (Å²) in [4.78, 5) is 13.1. The second kappa shape index (κ2) is 3.44. The number of amides is 1. The van der Waals surface area contributed by atoms with Crippen LogP contribution in [0.15, 0.2) is 0 Å². The third-order valence-corrected chi connectivity index (χ3v) is 2.54. The Kier molecular flexibility index (Phi) is 2.73. The topological polar surface area (TPSA) is 40.5 Å². The average molecular weight is 171 g/mol. The van der Waals surface area contributed by atoms with Crippen LogP contribution in [-0.4, -0.2) is 34.6 Å². The van der Waals surface area contributed by atoms with Gasteiger partial charge in [0.05, 0.1) is 12.1 Å². The molecule has 3 atom stereocenters. The minimum absolute atomic E-state index is 0.0394. The Bertz CT molecular complexity index is 179. The fourth-order valence-corrected chi connectivity index (χ4v) is 1.57. The van der Waals surface area contributed by atoms with Gasteiger partial charge in [0.15, 0.2) is 0 Å². The summed E-state index contributed by atoms with van der Waals surface area (Å²) in [5, 5.41) is 9.29. The number of carbonyl (C=O) groups is 1. The lowest BCUT2D eigenvalue weighted by molar-refractivity contribution is -0.131. The zero-order valence-corrected chi connectivity index (χ0v) is 7.95. The predicted octanol–water partition coefficient (Wildman–Crippen LogP) is 0.624. The van der Waals surface area contributed by atoms with E-state index in [-0.39, 0.29) is 11.9 Å². The van der Waals surface area contributed by atoms with Crippen molar-refractivity contribution in [2.24, 2.45) is 5.92 Å². The summed E-state index contributed by atoms with van der Waals surface area (Å²) < 4.78 is 0. The lowest BCUT2D eigenvalue weighted by Gasteiger charge is -2.26. The Labute approximate surface area is 73.4 Å². The van der Waals surface area contributed by atoms with E-state index in [0.29, 0.717) is 12.3 Å². The van der Waals surface area contributed by atoms with Crippen LogP contribution in [0.3, 0.4) is 0 Å². The van der Waals surface area contributed by atoms with Gasteiger partial charge in [-0.1, -0.05) is 6.92 Å². The van der Waals surface area contributed by atoms with Gasteiger partial charge in [-0.15, -0.1) is 0 Å². The molecule has 1 fully saturated rings. The van der Waals surface area contributed by atoms with Crippen molar-refractivity contribution in [1.82, 2.24) is 4.90 Å². The minimum atomic E-state index is -0.431. The van der Waals surface area contributed by atoms with Crippen molar-refractivity contribution < 1.29 is 9.90 Å². The van der Waals surface area contributed by atoms with E-state index in [2.05, 4.69) is 6.92 Å². The number of hydrogen-bond acceptors (Lipinski definition) is 2. The molecular weight excluding hydrogens is 154 g/mol. The van der Waals surface area contributed by atoms with Crippen LogP contribution < -0.4 is 0 Å². The summed E-state index contributed by atoms with van der Waals surface area (Å²) >= 11 is 0. The SMILES string of the molecule is CC1CC(=O)N(C(C)C(C)O)C1. The molecule has 1 heterocycles.